The highest BCUT2D eigenvalue weighted by atomic mass is 19.4. The molecule has 0 amide bonds. The number of hydrogen-bond acceptors (Lipinski definition) is 1. The normalized spacial score (nSPS) is 11.8. The van der Waals surface area contributed by atoms with Crippen LogP contribution in [-0.4, -0.2) is 13.1 Å². The molecule has 0 fully saturated rings. The van der Waals surface area contributed by atoms with Crippen LogP contribution in [0.1, 0.15) is 0 Å². The van der Waals surface area contributed by atoms with E-state index >= 15 is 0 Å². The number of benzene rings is 1. The molecule has 0 aliphatic carbocycles. The van der Waals surface area contributed by atoms with Crippen molar-refractivity contribution in [3.05, 3.63) is 29.1 Å². The lowest BCUT2D eigenvalue weighted by molar-refractivity contribution is -0.134. The third kappa shape index (κ3) is 2.18. The van der Waals surface area contributed by atoms with E-state index in [0.29, 0.717) is 0 Å². The van der Waals surface area contributed by atoms with Gasteiger partial charge in [-0.3, -0.25) is 0 Å². The molecule has 1 aromatic carbocycles. The molecule has 0 radical (unpaired) electrons. The van der Waals surface area contributed by atoms with E-state index in [9.17, 15) is 39.5 Å². The molecule has 102 valence electrons. The molecule has 0 spiro atoms. The second-order valence-electron chi connectivity index (χ2n) is 2.93. The van der Waals surface area contributed by atoms with Gasteiger partial charge in [-0.15, -0.1) is 13.2 Å². The maximum absolute atomic E-state index is 12.9. The van der Waals surface area contributed by atoms with Gasteiger partial charge in [0.05, 0.1) is 0 Å². The van der Waals surface area contributed by atoms with Gasteiger partial charge in [0.25, 0.3) is 0 Å². The molecule has 0 heterocycles. The van der Waals surface area contributed by atoms with Crippen molar-refractivity contribution in [2.45, 2.75) is 6.30 Å². The Balaban J connectivity index is 3.59. The lowest BCUT2D eigenvalue weighted by Gasteiger charge is -2.24. The SMILES string of the molecule is FCN(c1c(F)c(F)c(F)c(F)c1F)C(F)(F)F. The lowest BCUT2D eigenvalue weighted by atomic mass is 10.2. The molecule has 0 unspecified atom stereocenters. The first-order chi connectivity index (χ1) is 8.12. The van der Waals surface area contributed by atoms with Crippen molar-refractivity contribution < 1.29 is 39.5 Å². The van der Waals surface area contributed by atoms with E-state index in [1.54, 1.807) is 0 Å². The van der Waals surface area contributed by atoms with Crippen LogP contribution in [0, 0.1) is 29.1 Å². The summed E-state index contributed by atoms with van der Waals surface area (Å²) in [7, 11) is 0. The number of anilines is 1. The van der Waals surface area contributed by atoms with Gasteiger partial charge in [-0.05, 0) is 0 Å². The molecule has 18 heavy (non-hydrogen) atoms. The minimum absolute atomic E-state index is 1.54. The van der Waals surface area contributed by atoms with Gasteiger partial charge in [0.15, 0.2) is 30.1 Å². The smallest absolute Gasteiger partial charge is 0.249 e. The highest BCUT2D eigenvalue weighted by Gasteiger charge is 2.43. The number of nitrogens with zero attached hydrogens (tertiary/aromatic N) is 1. The molecular weight excluding hydrogens is 281 g/mol. The topological polar surface area (TPSA) is 3.24 Å². The Labute approximate surface area is 93.4 Å². The molecule has 1 aromatic rings. The first kappa shape index (κ1) is 14.5. The van der Waals surface area contributed by atoms with Crippen LogP contribution in [-0.2, 0) is 0 Å². The molecule has 1 nitrogen and oxygen atoms in total. The molecule has 0 saturated heterocycles. The predicted octanol–water partition coefficient (Wildman–Crippen LogP) is 3.64. The fourth-order valence-corrected chi connectivity index (χ4v) is 1.08. The Morgan fingerprint density at radius 3 is 1.33 bits per heavy atom. The summed E-state index contributed by atoms with van der Waals surface area (Å²) >= 11 is 0. The fraction of sp³-hybridized carbons (Fsp3) is 0.250. The Kier molecular flexibility index (Phi) is 3.67. The number of hydrogen-bond donors (Lipinski definition) is 0. The first-order valence-electron chi connectivity index (χ1n) is 4.04. The van der Waals surface area contributed by atoms with Gasteiger partial charge in [0, 0.05) is 0 Å². The molecule has 0 aliphatic rings. The molecule has 0 bridgehead atoms. The molecule has 0 atom stereocenters. The summed E-state index contributed by atoms with van der Waals surface area (Å²) in [5.74, 6) is -13.3. The minimum Gasteiger partial charge on any atom is -0.249 e. The van der Waals surface area contributed by atoms with Crippen LogP contribution >= 0.6 is 0 Å². The van der Waals surface area contributed by atoms with Gasteiger partial charge < -0.3 is 0 Å². The second-order valence-corrected chi connectivity index (χ2v) is 2.93. The van der Waals surface area contributed by atoms with Crippen LogP contribution < -0.4 is 4.90 Å². The third-order valence-corrected chi connectivity index (χ3v) is 1.88. The second kappa shape index (κ2) is 4.58. The van der Waals surface area contributed by atoms with Crippen molar-refractivity contribution >= 4 is 5.69 Å². The summed E-state index contributed by atoms with van der Waals surface area (Å²) in [4.78, 5) is -1.54. The summed E-state index contributed by atoms with van der Waals surface area (Å²) in [6.45, 7) is -2.51. The van der Waals surface area contributed by atoms with Gasteiger partial charge in [0.2, 0.25) is 5.82 Å². The van der Waals surface area contributed by atoms with Crippen molar-refractivity contribution in [3.8, 4) is 0 Å². The molecule has 0 aliphatic heterocycles. The van der Waals surface area contributed by atoms with Crippen LogP contribution in [0.4, 0.5) is 45.2 Å². The van der Waals surface area contributed by atoms with E-state index < -0.39 is 52.8 Å². The van der Waals surface area contributed by atoms with Crippen LogP contribution in [0.25, 0.3) is 0 Å². The summed E-state index contributed by atoms with van der Waals surface area (Å²) in [5, 5.41) is 0. The summed E-state index contributed by atoms with van der Waals surface area (Å²) in [5.41, 5.74) is -2.39. The van der Waals surface area contributed by atoms with Crippen molar-refractivity contribution in [1.29, 1.82) is 0 Å². The zero-order valence-corrected chi connectivity index (χ0v) is 8.06. The zero-order chi connectivity index (χ0) is 14.2. The number of alkyl halides is 4. The first-order valence-corrected chi connectivity index (χ1v) is 4.04. The maximum atomic E-state index is 12.9. The Morgan fingerprint density at radius 2 is 1.06 bits per heavy atom. The molecule has 10 heteroatoms. The van der Waals surface area contributed by atoms with Crippen LogP contribution in [0.3, 0.4) is 0 Å². The van der Waals surface area contributed by atoms with Crippen molar-refractivity contribution in [2.24, 2.45) is 0 Å². The largest absolute Gasteiger partial charge is 0.487 e. The predicted molar refractivity (Wildman–Crippen MR) is 40.7 cm³/mol. The molecule has 0 saturated carbocycles. The highest BCUT2D eigenvalue weighted by Crippen LogP contribution is 2.35. The average molecular weight is 283 g/mol. The Bertz CT molecular complexity index is 438. The zero-order valence-electron chi connectivity index (χ0n) is 8.06. The third-order valence-electron chi connectivity index (χ3n) is 1.88. The monoisotopic (exact) mass is 283 g/mol. The Hall–Kier alpha value is -1.61. The summed E-state index contributed by atoms with van der Waals surface area (Å²) < 4.78 is 112. The average Bonchev–Trinajstić information content (AvgIpc) is 2.27. The van der Waals surface area contributed by atoms with Gasteiger partial charge in [-0.2, -0.15) is 0 Å². The van der Waals surface area contributed by atoms with Gasteiger partial charge >= 0.3 is 6.30 Å². The van der Waals surface area contributed by atoms with Gasteiger partial charge in [-0.1, -0.05) is 0 Å². The maximum Gasteiger partial charge on any atom is 0.487 e. The van der Waals surface area contributed by atoms with Crippen LogP contribution in [0.2, 0.25) is 0 Å². The van der Waals surface area contributed by atoms with Crippen molar-refractivity contribution in [1.82, 2.24) is 0 Å². The summed E-state index contributed by atoms with van der Waals surface area (Å²) in [6, 6.07) is 0. The van der Waals surface area contributed by atoms with Crippen LogP contribution in [0.5, 0.6) is 0 Å². The molecular formula is C8H2F9N. The fourth-order valence-electron chi connectivity index (χ4n) is 1.08. The van der Waals surface area contributed by atoms with Gasteiger partial charge in [-0.25, -0.2) is 31.2 Å². The molecule has 1 rings (SSSR count). The lowest BCUT2D eigenvalue weighted by Crippen LogP contribution is -2.39. The molecule has 0 aromatic heterocycles. The standard InChI is InChI=1S/C8H2F9N/c9-1-18(8(15,16)17)7-5(13)3(11)2(10)4(12)6(7)14/h1H2. The van der Waals surface area contributed by atoms with Crippen LogP contribution in [0.15, 0.2) is 0 Å². The number of halogens is 9. The van der Waals surface area contributed by atoms with E-state index in [4.69, 9.17) is 0 Å². The highest BCUT2D eigenvalue weighted by molar-refractivity contribution is 5.50. The molecule has 0 N–H and O–H groups in total. The quantitative estimate of drug-likeness (QED) is 0.347. The van der Waals surface area contributed by atoms with E-state index in [2.05, 4.69) is 0 Å². The van der Waals surface area contributed by atoms with Crippen molar-refractivity contribution in [3.63, 3.8) is 0 Å². The van der Waals surface area contributed by atoms with E-state index in [1.807, 2.05) is 0 Å². The Morgan fingerprint density at radius 1 is 0.722 bits per heavy atom. The van der Waals surface area contributed by atoms with Gasteiger partial charge in [0.1, 0.15) is 5.69 Å². The summed E-state index contributed by atoms with van der Waals surface area (Å²) in [6.07, 6.45) is -5.65. The van der Waals surface area contributed by atoms with E-state index in [1.165, 1.54) is 0 Å². The van der Waals surface area contributed by atoms with Crippen molar-refractivity contribution in [2.75, 3.05) is 11.7 Å². The minimum atomic E-state index is -5.65. The number of rotatable bonds is 2. The van der Waals surface area contributed by atoms with E-state index in [-0.39, 0.29) is 0 Å². The van der Waals surface area contributed by atoms with E-state index in [0.717, 1.165) is 0 Å².